The summed E-state index contributed by atoms with van der Waals surface area (Å²) in [6.45, 7) is 4.76. The van der Waals surface area contributed by atoms with Crippen molar-refractivity contribution in [1.82, 2.24) is 4.90 Å². The third-order valence-electron chi connectivity index (χ3n) is 4.84. The zero-order valence-corrected chi connectivity index (χ0v) is 15.5. The molecule has 1 aliphatic rings. The Hall–Kier alpha value is -2.82. The fourth-order valence-corrected chi connectivity index (χ4v) is 3.35. The van der Waals surface area contributed by atoms with Crippen LogP contribution in [0.25, 0.3) is 0 Å². The highest BCUT2D eigenvalue weighted by molar-refractivity contribution is 5.95. The lowest BCUT2D eigenvalue weighted by Crippen LogP contribution is -2.47. The molecule has 1 heterocycles. The molecule has 0 saturated carbocycles. The van der Waals surface area contributed by atoms with Crippen LogP contribution in [-0.4, -0.2) is 42.9 Å². The van der Waals surface area contributed by atoms with E-state index in [1.807, 2.05) is 50.2 Å². The lowest BCUT2D eigenvalue weighted by atomic mass is 10.1. The molecular weight excluding hydrogens is 326 g/mol. The maximum atomic E-state index is 12.8. The molecule has 2 aromatic rings. The molecular formula is C21H25N3O2. The number of fused-ring (bicyclic) bond motifs is 1. The van der Waals surface area contributed by atoms with E-state index in [-0.39, 0.29) is 24.4 Å². The number of hydrogen-bond acceptors (Lipinski definition) is 3. The number of benzene rings is 2. The van der Waals surface area contributed by atoms with E-state index in [0.717, 1.165) is 29.9 Å². The van der Waals surface area contributed by atoms with Crippen molar-refractivity contribution in [3.8, 4) is 0 Å². The minimum absolute atomic E-state index is 0.0343. The molecule has 1 aliphatic heterocycles. The molecule has 0 bridgehead atoms. The number of rotatable bonds is 5. The number of amides is 2. The average molecular weight is 351 g/mol. The summed E-state index contributed by atoms with van der Waals surface area (Å²) in [5.41, 5.74) is 4.26. The first-order chi connectivity index (χ1) is 12.5. The number of aryl methyl sites for hydroxylation is 1. The van der Waals surface area contributed by atoms with Crippen LogP contribution in [-0.2, 0) is 16.0 Å². The van der Waals surface area contributed by atoms with Gasteiger partial charge in [0.2, 0.25) is 11.8 Å². The van der Waals surface area contributed by atoms with Crippen molar-refractivity contribution in [2.75, 3.05) is 30.4 Å². The monoisotopic (exact) mass is 351 g/mol. The molecule has 2 amide bonds. The summed E-state index contributed by atoms with van der Waals surface area (Å²) in [6, 6.07) is 15.5. The number of likely N-dealkylation sites (N-methyl/N-ethyl adjacent to an activating group) is 1. The number of anilines is 2. The largest absolute Gasteiger partial charge is 0.359 e. The Labute approximate surface area is 154 Å². The normalized spacial score (nSPS) is 13.9. The third kappa shape index (κ3) is 3.87. The van der Waals surface area contributed by atoms with Crippen LogP contribution in [0.3, 0.4) is 0 Å². The van der Waals surface area contributed by atoms with Crippen LogP contribution in [0.5, 0.6) is 0 Å². The first kappa shape index (κ1) is 18.0. The molecule has 0 unspecified atom stereocenters. The van der Waals surface area contributed by atoms with Crippen molar-refractivity contribution >= 4 is 23.2 Å². The number of nitrogens with zero attached hydrogens (tertiary/aromatic N) is 2. The second-order valence-electron chi connectivity index (χ2n) is 6.86. The molecule has 136 valence electrons. The average Bonchev–Trinajstić information content (AvgIpc) is 3.06. The highest BCUT2D eigenvalue weighted by Gasteiger charge is 2.29. The molecule has 0 spiro atoms. The van der Waals surface area contributed by atoms with Gasteiger partial charge in [0.05, 0.1) is 6.54 Å². The van der Waals surface area contributed by atoms with Crippen molar-refractivity contribution < 1.29 is 9.59 Å². The van der Waals surface area contributed by atoms with Gasteiger partial charge in [-0.2, -0.15) is 0 Å². The van der Waals surface area contributed by atoms with Gasteiger partial charge in [-0.1, -0.05) is 35.9 Å². The summed E-state index contributed by atoms with van der Waals surface area (Å²) >= 11 is 0. The van der Waals surface area contributed by atoms with Crippen LogP contribution < -0.4 is 10.2 Å². The van der Waals surface area contributed by atoms with Crippen LogP contribution in [0.2, 0.25) is 0 Å². The molecule has 2 aromatic carbocycles. The first-order valence-corrected chi connectivity index (χ1v) is 8.92. The minimum Gasteiger partial charge on any atom is -0.359 e. The van der Waals surface area contributed by atoms with Crippen LogP contribution in [0.1, 0.15) is 18.1 Å². The zero-order chi connectivity index (χ0) is 18.7. The number of carbonyl (C=O) groups excluding carboxylic acids is 2. The minimum atomic E-state index is -0.296. The van der Waals surface area contributed by atoms with Crippen molar-refractivity contribution in [1.29, 1.82) is 0 Å². The summed E-state index contributed by atoms with van der Waals surface area (Å²) in [6.07, 6.45) is 0.950. The van der Waals surface area contributed by atoms with E-state index in [1.165, 1.54) is 10.5 Å². The molecule has 0 radical (unpaired) electrons. The third-order valence-corrected chi connectivity index (χ3v) is 4.84. The lowest BCUT2D eigenvalue weighted by molar-refractivity contribution is -0.134. The number of nitrogens with one attached hydrogen (secondary N) is 1. The first-order valence-electron chi connectivity index (χ1n) is 8.92. The van der Waals surface area contributed by atoms with Gasteiger partial charge in [-0.05, 0) is 44.0 Å². The van der Waals surface area contributed by atoms with Gasteiger partial charge in [-0.15, -0.1) is 0 Å². The van der Waals surface area contributed by atoms with E-state index >= 15 is 0 Å². The molecule has 0 aromatic heterocycles. The van der Waals surface area contributed by atoms with Crippen LogP contribution >= 0.6 is 0 Å². The zero-order valence-electron chi connectivity index (χ0n) is 15.5. The second-order valence-corrected chi connectivity index (χ2v) is 6.86. The van der Waals surface area contributed by atoms with E-state index in [2.05, 4.69) is 22.3 Å². The Bertz CT molecular complexity index is 801. The smallest absolute Gasteiger partial charge is 0.245 e. The Morgan fingerprint density at radius 1 is 1.15 bits per heavy atom. The molecule has 5 heteroatoms. The Morgan fingerprint density at radius 2 is 1.85 bits per heavy atom. The van der Waals surface area contributed by atoms with Crippen molar-refractivity contribution in [3.05, 3.63) is 59.7 Å². The predicted molar refractivity (Wildman–Crippen MR) is 104 cm³/mol. The lowest BCUT2D eigenvalue weighted by Gasteiger charge is -2.29. The topological polar surface area (TPSA) is 52.7 Å². The quantitative estimate of drug-likeness (QED) is 0.901. The molecule has 0 saturated heterocycles. The van der Waals surface area contributed by atoms with Gasteiger partial charge in [-0.25, -0.2) is 0 Å². The molecule has 26 heavy (non-hydrogen) atoms. The summed E-state index contributed by atoms with van der Waals surface area (Å²) in [5, 5.41) is 2.83. The maximum Gasteiger partial charge on any atom is 0.245 e. The molecule has 1 atom stereocenters. The standard InChI is InChI=1S/C21H25N3O2/c1-15-8-10-18(11-9-15)22-20(25)14-23(3)21(26)16(2)24-13-12-17-6-4-5-7-19(17)24/h4-11,16H,12-14H2,1-3H3,(H,22,25)/t16-/m1/s1. The molecule has 0 fully saturated rings. The summed E-state index contributed by atoms with van der Waals surface area (Å²) in [4.78, 5) is 28.6. The van der Waals surface area contributed by atoms with Crippen LogP contribution in [0, 0.1) is 6.92 Å². The summed E-state index contributed by atoms with van der Waals surface area (Å²) < 4.78 is 0. The van der Waals surface area contributed by atoms with E-state index in [9.17, 15) is 9.59 Å². The fourth-order valence-electron chi connectivity index (χ4n) is 3.35. The van der Waals surface area contributed by atoms with Gasteiger partial charge in [0.15, 0.2) is 0 Å². The summed E-state index contributed by atoms with van der Waals surface area (Å²) in [7, 11) is 1.68. The van der Waals surface area contributed by atoms with E-state index in [0.29, 0.717) is 0 Å². The molecule has 3 rings (SSSR count). The second kappa shape index (κ2) is 7.60. The van der Waals surface area contributed by atoms with Gasteiger partial charge >= 0.3 is 0 Å². The van der Waals surface area contributed by atoms with Gasteiger partial charge in [0, 0.05) is 25.0 Å². The number of hydrogen-bond donors (Lipinski definition) is 1. The van der Waals surface area contributed by atoms with Crippen molar-refractivity contribution in [2.45, 2.75) is 26.3 Å². The van der Waals surface area contributed by atoms with Crippen LogP contribution in [0.4, 0.5) is 11.4 Å². The Balaban J connectivity index is 1.59. The van der Waals surface area contributed by atoms with Gasteiger partial charge in [0.1, 0.15) is 6.04 Å². The van der Waals surface area contributed by atoms with Crippen molar-refractivity contribution in [3.63, 3.8) is 0 Å². The highest BCUT2D eigenvalue weighted by atomic mass is 16.2. The Kier molecular flexibility index (Phi) is 5.26. The molecule has 0 aliphatic carbocycles. The SMILES string of the molecule is Cc1ccc(NC(=O)CN(C)C(=O)[C@@H](C)N2CCc3ccccc32)cc1. The highest BCUT2D eigenvalue weighted by Crippen LogP contribution is 2.29. The van der Waals surface area contributed by atoms with Crippen LogP contribution in [0.15, 0.2) is 48.5 Å². The molecule has 1 N–H and O–H groups in total. The van der Waals surface area contributed by atoms with Gasteiger partial charge in [0.25, 0.3) is 0 Å². The van der Waals surface area contributed by atoms with E-state index in [4.69, 9.17) is 0 Å². The van der Waals surface area contributed by atoms with E-state index in [1.54, 1.807) is 7.05 Å². The van der Waals surface area contributed by atoms with Gasteiger partial charge in [-0.3, -0.25) is 9.59 Å². The molecule has 5 nitrogen and oxygen atoms in total. The summed E-state index contributed by atoms with van der Waals surface area (Å²) in [5.74, 6) is -0.250. The number of carbonyl (C=O) groups is 2. The fraction of sp³-hybridized carbons (Fsp3) is 0.333. The van der Waals surface area contributed by atoms with Crippen molar-refractivity contribution in [2.24, 2.45) is 0 Å². The van der Waals surface area contributed by atoms with Gasteiger partial charge < -0.3 is 15.1 Å². The number of para-hydroxylation sites is 1. The Morgan fingerprint density at radius 3 is 2.58 bits per heavy atom. The maximum absolute atomic E-state index is 12.8. The van der Waals surface area contributed by atoms with E-state index < -0.39 is 0 Å². The predicted octanol–water partition coefficient (Wildman–Crippen LogP) is 2.84.